The van der Waals surface area contributed by atoms with E-state index in [2.05, 4.69) is 20.8 Å². The minimum Gasteiger partial charge on any atom is -0.393 e. The molecule has 0 aromatic carbocycles. The number of hydrogen-bond acceptors (Lipinski definition) is 1. The van der Waals surface area contributed by atoms with Gasteiger partial charge < -0.3 is 5.11 Å². The Bertz CT molecular complexity index is 124. The predicted molar refractivity (Wildman–Crippen MR) is 63.5 cm³/mol. The Kier molecular flexibility index (Phi) is 7.26. The maximum absolute atomic E-state index is 9.34. The molecule has 0 spiro atoms. The smallest absolute Gasteiger partial charge is 0.0537 e. The molecule has 0 rings (SSSR count). The summed E-state index contributed by atoms with van der Waals surface area (Å²) < 4.78 is 0. The third-order valence-corrected chi connectivity index (χ3v) is 2.69. The largest absolute Gasteiger partial charge is 0.393 e. The van der Waals surface area contributed by atoms with Crippen molar-refractivity contribution in [2.45, 2.75) is 78.7 Å². The van der Waals surface area contributed by atoms with Crippen molar-refractivity contribution < 1.29 is 5.11 Å². The minimum absolute atomic E-state index is 0.0578. The van der Waals surface area contributed by atoms with Crippen molar-refractivity contribution in [3.05, 3.63) is 0 Å². The minimum atomic E-state index is -0.0578. The van der Waals surface area contributed by atoms with Gasteiger partial charge in [0, 0.05) is 0 Å². The van der Waals surface area contributed by atoms with E-state index in [1.807, 2.05) is 6.92 Å². The van der Waals surface area contributed by atoms with Gasteiger partial charge in [-0.3, -0.25) is 0 Å². The van der Waals surface area contributed by atoms with E-state index in [4.69, 9.17) is 0 Å². The number of hydrogen-bond donors (Lipinski definition) is 1. The average molecular weight is 200 g/mol. The van der Waals surface area contributed by atoms with Crippen LogP contribution in [0.4, 0.5) is 0 Å². The zero-order chi connectivity index (χ0) is 11.0. The van der Waals surface area contributed by atoms with Gasteiger partial charge in [-0.1, -0.05) is 53.4 Å². The van der Waals surface area contributed by atoms with Crippen LogP contribution in [0.25, 0.3) is 0 Å². The molecule has 0 aliphatic heterocycles. The Labute approximate surface area is 89.9 Å². The highest BCUT2D eigenvalue weighted by Gasteiger charge is 2.08. The summed E-state index contributed by atoms with van der Waals surface area (Å²) in [6.45, 7) is 8.94. The SMILES string of the molecule is CCC(O)CCCCCCC(C)(C)C. The second-order valence-corrected chi connectivity index (χ2v) is 5.58. The van der Waals surface area contributed by atoms with Crippen LogP contribution in [0.3, 0.4) is 0 Å². The van der Waals surface area contributed by atoms with E-state index in [9.17, 15) is 5.11 Å². The van der Waals surface area contributed by atoms with E-state index in [-0.39, 0.29) is 6.10 Å². The molecule has 0 saturated heterocycles. The number of aliphatic hydroxyl groups is 1. The Balaban J connectivity index is 3.14. The molecule has 14 heavy (non-hydrogen) atoms. The lowest BCUT2D eigenvalue weighted by Gasteiger charge is -2.17. The fourth-order valence-electron chi connectivity index (χ4n) is 1.59. The molecule has 86 valence electrons. The van der Waals surface area contributed by atoms with Gasteiger partial charge in [0.05, 0.1) is 6.10 Å². The van der Waals surface area contributed by atoms with Crippen molar-refractivity contribution >= 4 is 0 Å². The third-order valence-electron chi connectivity index (χ3n) is 2.69. The van der Waals surface area contributed by atoms with Crippen molar-refractivity contribution in [1.82, 2.24) is 0 Å². The molecule has 1 nitrogen and oxygen atoms in total. The Morgan fingerprint density at radius 1 is 1.00 bits per heavy atom. The Hall–Kier alpha value is -0.0400. The summed E-state index contributed by atoms with van der Waals surface area (Å²) in [6, 6.07) is 0. The molecular formula is C13H28O. The second kappa shape index (κ2) is 7.28. The number of unbranched alkanes of at least 4 members (excludes halogenated alkanes) is 3. The van der Waals surface area contributed by atoms with Gasteiger partial charge in [-0.2, -0.15) is 0 Å². The second-order valence-electron chi connectivity index (χ2n) is 5.58. The molecule has 1 heteroatoms. The van der Waals surface area contributed by atoms with E-state index in [0.29, 0.717) is 5.41 Å². The molecule has 0 aromatic rings. The van der Waals surface area contributed by atoms with Gasteiger partial charge in [-0.05, 0) is 24.7 Å². The summed E-state index contributed by atoms with van der Waals surface area (Å²) in [5, 5.41) is 9.34. The predicted octanol–water partition coefficient (Wildman–Crippen LogP) is 4.14. The Morgan fingerprint density at radius 3 is 2.07 bits per heavy atom. The van der Waals surface area contributed by atoms with Crippen LogP contribution in [0, 0.1) is 5.41 Å². The molecule has 1 N–H and O–H groups in total. The molecule has 1 unspecified atom stereocenters. The van der Waals surface area contributed by atoms with Crippen LogP contribution in [0.2, 0.25) is 0 Å². The van der Waals surface area contributed by atoms with Crippen LogP contribution >= 0.6 is 0 Å². The fraction of sp³-hybridized carbons (Fsp3) is 1.00. The number of rotatable bonds is 7. The maximum atomic E-state index is 9.34. The molecule has 0 aromatic heterocycles. The van der Waals surface area contributed by atoms with Gasteiger partial charge in [0.15, 0.2) is 0 Å². The average Bonchev–Trinajstić information content (AvgIpc) is 2.08. The highest BCUT2D eigenvalue weighted by atomic mass is 16.3. The van der Waals surface area contributed by atoms with Crippen LogP contribution < -0.4 is 0 Å². The molecule has 0 fully saturated rings. The van der Waals surface area contributed by atoms with Gasteiger partial charge in [-0.15, -0.1) is 0 Å². The summed E-state index contributed by atoms with van der Waals surface area (Å²) in [7, 11) is 0. The van der Waals surface area contributed by atoms with E-state index in [1.165, 1.54) is 32.1 Å². The summed E-state index contributed by atoms with van der Waals surface area (Å²) in [6.07, 6.45) is 8.31. The maximum Gasteiger partial charge on any atom is 0.0537 e. The number of aliphatic hydroxyl groups excluding tert-OH is 1. The summed E-state index contributed by atoms with van der Waals surface area (Å²) >= 11 is 0. The Morgan fingerprint density at radius 2 is 1.57 bits per heavy atom. The van der Waals surface area contributed by atoms with Crippen LogP contribution in [-0.2, 0) is 0 Å². The lowest BCUT2D eigenvalue weighted by molar-refractivity contribution is 0.156. The van der Waals surface area contributed by atoms with Gasteiger partial charge in [0.2, 0.25) is 0 Å². The van der Waals surface area contributed by atoms with Crippen molar-refractivity contribution in [1.29, 1.82) is 0 Å². The van der Waals surface area contributed by atoms with Crippen molar-refractivity contribution in [2.75, 3.05) is 0 Å². The first-order valence-corrected chi connectivity index (χ1v) is 6.14. The van der Waals surface area contributed by atoms with Crippen molar-refractivity contribution in [3.63, 3.8) is 0 Å². The quantitative estimate of drug-likeness (QED) is 0.612. The van der Waals surface area contributed by atoms with Gasteiger partial charge >= 0.3 is 0 Å². The molecule has 0 heterocycles. The van der Waals surface area contributed by atoms with Crippen LogP contribution in [-0.4, -0.2) is 11.2 Å². The van der Waals surface area contributed by atoms with Gasteiger partial charge in [-0.25, -0.2) is 0 Å². The van der Waals surface area contributed by atoms with Crippen LogP contribution in [0.15, 0.2) is 0 Å². The molecular weight excluding hydrogens is 172 g/mol. The van der Waals surface area contributed by atoms with Crippen molar-refractivity contribution in [2.24, 2.45) is 5.41 Å². The standard InChI is InChI=1S/C13H28O/c1-5-12(14)10-8-6-7-9-11-13(2,3)4/h12,14H,5-11H2,1-4H3. The molecule has 0 bridgehead atoms. The molecule has 1 atom stereocenters. The lowest BCUT2D eigenvalue weighted by Crippen LogP contribution is -2.05. The van der Waals surface area contributed by atoms with E-state index in [1.54, 1.807) is 0 Å². The zero-order valence-corrected chi connectivity index (χ0v) is 10.5. The first-order valence-electron chi connectivity index (χ1n) is 6.14. The molecule has 0 aliphatic carbocycles. The van der Waals surface area contributed by atoms with E-state index < -0.39 is 0 Å². The summed E-state index contributed by atoms with van der Waals surface area (Å²) in [5.74, 6) is 0. The van der Waals surface area contributed by atoms with Gasteiger partial charge in [0.25, 0.3) is 0 Å². The van der Waals surface area contributed by atoms with E-state index in [0.717, 1.165) is 12.8 Å². The lowest BCUT2D eigenvalue weighted by atomic mass is 9.89. The summed E-state index contributed by atoms with van der Waals surface area (Å²) in [4.78, 5) is 0. The van der Waals surface area contributed by atoms with Gasteiger partial charge in [0.1, 0.15) is 0 Å². The van der Waals surface area contributed by atoms with E-state index >= 15 is 0 Å². The highest BCUT2D eigenvalue weighted by molar-refractivity contribution is 4.61. The topological polar surface area (TPSA) is 20.2 Å². The first-order chi connectivity index (χ1) is 6.45. The van der Waals surface area contributed by atoms with Crippen LogP contribution in [0.1, 0.15) is 72.6 Å². The third kappa shape index (κ3) is 10.0. The fourth-order valence-corrected chi connectivity index (χ4v) is 1.59. The highest BCUT2D eigenvalue weighted by Crippen LogP contribution is 2.22. The first kappa shape index (κ1) is 14.0. The molecule has 0 radical (unpaired) electrons. The normalized spacial score (nSPS) is 14.4. The molecule has 0 amide bonds. The molecule has 0 aliphatic rings. The van der Waals surface area contributed by atoms with Crippen molar-refractivity contribution in [3.8, 4) is 0 Å². The summed E-state index contributed by atoms with van der Waals surface area (Å²) in [5.41, 5.74) is 0.489. The zero-order valence-electron chi connectivity index (χ0n) is 10.5. The molecule has 0 saturated carbocycles. The van der Waals surface area contributed by atoms with Crippen LogP contribution in [0.5, 0.6) is 0 Å². The monoisotopic (exact) mass is 200 g/mol.